The van der Waals surface area contributed by atoms with Crippen molar-refractivity contribution in [2.75, 3.05) is 17.2 Å². The van der Waals surface area contributed by atoms with E-state index in [1.807, 2.05) is 37.3 Å². The summed E-state index contributed by atoms with van der Waals surface area (Å²) >= 11 is 0. The van der Waals surface area contributed by atoms with Gasteiger partial charge in [-0.25, -0.2) is 4.79 Å². The van der Waals surface area contributed by atoms with Crippen LogP contribution in [0.5, 0.6) is 0 Å². The van der Waals surface area contributed by atoms with Gasteiger partial charge in [-0.1, -0.05) is 43.7 Å². The van der Waals surface area contributed by atoms with Crippen LogP contribution < -0.4 is 21.9 Å². The monoisotopic (exact) mass is 356 g/mol. The van der Waals surface area contributed by atoms with Gasteiger partial charge in [-0.2, -0.15) is 0 Å². The molecule has 0 atom stereocenters. The first-order valence-corrected chi connectivity index (χ1v) is 8.66. The van der Waals surface area contributed by atoms with E-state index in [0.29, 0.717) is 6.54 Å². The lowest BCUT2D eigenvalue weighted by molar-refractivity contribution is -0.114. The second-order valence-electron chi connectivity index (χ2n) is 5.82. The SMILES string of the molecule is CCCCn1c(N)c(N(CC)C(=O)/C=C/c2ccccc2)c(=O)[nH]c1=O. The van der Waals surface area contributed by atoms with Crippen molar-refractivity contribution in [3.05, 3.63) is 62.8 Å². The van der Waals surface area contributed by atoms with Crippen LogP contribution in [0.25, 0.3) is 6.08 Å². The molecule has 3 N–H and O–H groups in total. The Morgan fingerprint density at radius 1 is 1.23 bits per heavy atom. The van der Waals surface area contributed by atoms with Crippen LogP contribution in [0.2, 0.25) is 0 Å². The van der Waals surface area contributed by atoms with Gasteiger partial charge in [0.25, 0.3) is 11.5 Å². The molecule has 1 amide bonds. The predicted octanol–water partition coefficient (Wildman–Crippen LogP) is 1.99. The highest BCUT2D eigenvalue weighted by Crippen LogP contribution is 2.17. The summed E-state index contributed by atoms with van der Waals surface area (Å²) in [6, 6.07) is 9.36. The molecule has 1 heterocycles. The van der Waals surface area contributed by atoms with Gasteiger partial charge in [0.2, 0.25) is 0 Å². The second-order valence-corrected chi connectivity index (χ2v) is 5.82. The zero-order chi connectivity index (χ0) is 19.1. The number of benzene rings is 1. The summed E-state index contributed by atoms with van der Waals surface area (Å²) in [6.45, 7) is 4.37. The minimum absolute atomic E-state index is 0.00548. The number of H-pyrrole nitrogens is 1. The normalized spacial score (nSPS) is 11.0. The van der Waals surface area contributed by atoms with Gasteiger partial charge in [0.15, 0.2) is 5.69 Å². The molecule has 0 radical (unpaired) electrons. The summed E-state index contributed by atoms with van der Waals surface area (Å²) in [6.07, 6.45) is 4.67. The molecule has 2 rings (SSSR count). The van der Waals surface area contributed by atoms with Crippen molar-refractivity contribution in [1.29, 1.82) is 0 Å². The van der Waals surface area contributed by atoms with Crippen molar-refractivity contribution in [3.8, 4) is 0 Å². The van der Waals surface area contributed by atoms with E-state index in [2.05, 4.69) is 4.98 Å². The summed E-state index contributed by atoms with van der Waals surface area (Å²) in [4.78, 5) is 40.5. The van der Waals surface area contributed by atoms with Gasteiger partial charge in [-0.05, 0) is 25.0 Å². The molecule has 0 saturated carbocycles. The highest BCUT2D eigenvalue weighted by molar-refractivity contribution is 6.05. The molecule has 0 saturated heterocycles. The summed E-state index contributed by atoms with van der Waals surface area (Å²) in [5, 5.41) is 0. The lowest BCUT2D eigenvalue weighted by Gasteiger charge is -2.21. The van der Waals surface area contributed by atoms with E-state index in [-0.39, 0.29) is 24.0 Å². The third-order valence-corrected chi connectivity index (χ3v) is 4.02. The maximum Gasteiger partial charge on any atom is 0.330 e. The Bertz CT molecular complexity index is 897. The Labute approximate surface area is 151 Å². The number of aromatic nitrogens is 2. The number of nitrogens with zero attached hydrogens (tertiary/aromatic N) is 2. The molecule has 7 nitrogen and oxygen atoms in total. The Balaban J connectivity index is 2.40. The predicted molar refractivity (Wildman–Crippen MR) is 104 cm³/mol. The van der Waals surface area contributed by atoms with Crippen LogP contribution in [-0.2, 0) is 11.3 Å². The first kappa shape index (κ1) is 19.2. The van der Waals surface area contributed by atoms with E-state index in [4.69, 9.17) is 5.73 Å². The van der Waals surface area contributed by atoms with Crippen molar-refractivity contribution >= 4 is 23.5 Å². The number of anilines is 2. The number of carbonyl (C=O) groups is 1. The van der Waals surface area contributed by atoms with Crippen molar-refractivity contribution in [2.24, 2.45) is 0 Å². The molecule has 138 valence electrons. The van der Waals surface area contributed by atoms with Crippen LogP contribution in [0.3, 0.4) is 0 Å². The zero-order valence-electron chi connectivity index (χ0n) is 15.1. The number of nitrogens with two attached hydrogens (primary N) is 1. The van der Waals surface area contributed by atoms with Crippen LogP contribution in [0.15, 0.2) is 46.0 Å². The Kier molecular flexibility index (Phi) is 6.54. The van der Waals surface area contributed by atoms with Gasteiger partial charge in [-0.3, -0.25) is 19.1 Å². The van der Waals surface area contributed by atoms with Gasteiger partial charge in [-0.15, -0.1) is 0 Å². The fraction of sp³-hybridized carbons (Fsp3) is 0.316. The van der Waals surface area contributed by atoms with Gasteiger partial charge in [0.1, 0.15) is 5.82 Å². The zero-order valence-corrected chi connectivity index (χ0v) is 15.1. The third-order valence-electron chi connectivity index (χ3n) is 4.02. The van der Waals surface area contributed by atoms with Crippen LogP contribution >= 0.6 is 0 Å². The maximum atomic E-state index is 12.6. The van der Waals surface area contributed by atoms with Crippen molar-refractivity contribution < 1.29 is 4.79 Å². The second kappa shape index (κ2) is 8.84. The van der Waals surface area contributed by atoms with Crippen molar-refractivity contribution in [3.63, 3.8) is 0 Å². The molecular formula is C19H24N4O3. The number of unbranched alkanes of at least 4 members (excludes halogenated alkanes) is 1. The smallest absolute Gasteiger partial charge is 0.330 e. The fourth-order valence-electron chi connectivity index (χ4n) is 2.62. The van der Waals surface area contributed by atoms with Crippen LogP contribution in [0, 0.1) is 0 Å². The molecule has 0 aliphatic heterocycles. The highest BCUT2D eigenvalue weighted by Gasteiger charge is 2.21. The molecule has 1 aromatic heterocycles. The standard InChI is InChI=1S/C19H24N4O3/c1-3-5-13-23-17(20)16(18(25)21-19(23)26)22(4-2)15(24)12-11-14-9-7-6-8-10-14/h6-12H,3-5,13,20H2,1-2H3,(H,21,25,26)/b12-11+. The summed E-state index contributed by atoms with van der Waals surface area (Å²) in [7, 11) is 0. The number of aromatic amines is 1. The average Bonchev–Trinajstić information content (AvgIpc) is 2.63. The molecule has 0 aliphatic carbocycles. The molecule has 0 spiro atoms. The average molecular weight is 356 g/mol. The van der Waals surface area contributed by atoms with Crippen molar-refractivity contribution in [2.45, 2.75) is 33.2 Å². The number of nitrogen functional groups attached to an aromatic ring is 1. The summed E-state index contributed by atoms with van der Waals surface area (Å²) in [5.74, 6) is -0.371. The minimum Gasteiger partial charge on any atom is -0.383 e. The topological polar surface area (TPSA) is 101 Å². The number of amides is 1. The quantitative estimate of drug-likeness (QED) is 0.741. The number of nitrogens with one attached hydrogen (secondary N) is 1. The maximum absolute atomic E-state index is 12.6. The summed E-state index contributed by atoms with van der Waals surface area (Å²) < 4.78 is 1.30. The first-order chi connectivity index (χ1) is 12.5. The number of carbonyl (C=O) groups excluding carboxylic acids is 1. The molecule has 7 heteroatoms. The molecule has 26 heavy (non-hydrogen) atoms. The lowest BCUT2D eigenvalue weighted by Crippen LogP contribution is -2.40. The van der Waals surface area contributed by atoms with E-state index < -0.39 is 11.2 Å². The van der Waals surface area contributed by atoms with Gasteiger partial charge < -0.3 is 10.6 Å². The van der Waals surface area contributed by atoms with E-state index in [0.717, 1.165) is 18.4 Å². The number of hydrogen-bond donors (Lipinski definition) is 2. The van der Waals surface area contributed by atoms with E-state index in [9.17, 15) is 14.4 Å². The van der Waals surface area contributed by atoms with E-state index in [1.54, 1.807) is 13.0 Å². The Morgan fingerprint density at radius 2 is 1.92 bits per heavy atom. The number of hydrogen-bond acceptors (Lipinski definition) is 4. The third kappa shape index (κ3) is 4.30. The van der Waals surface area contributed by atoms with Gasteiger partial charge in [0.05, 0.1) is 0 Å². The van der Waals surface area contributed by atoms with Crippen molar-refractivity contribution in [1.82, 2.24) is 9.55 Å². The molecule has 1 aromatic carbocycles. The van der Waals surface area contributed by atoms with Crippen LogP contribution in [0.4, 0.5) is 11.5 Å². The number of likely N-dealkylation sites (N-methyl/N-ethyl adjacent to an activating group) is 1. The largest absolute Gasteiger partial charge is 0.383 e. The first-order valence-electron chi connectivity index (χ1n) is 8.66. The lowest BCUT2D eigenvalue weighted by atomic mass is 10.2. The minimum atomic E-state index is -0.663. The summed E-state index contributed by atoms with van der Waals surface area (Å²) in [5.41, 5.74) is 5.72. The van der Waals surface area contributed by atoms with Gasteiger partial charge >= 0.3 is 5.69 Å². The van der Waals surface area contributed by atoms with E-state index in [1.165, 1.54) is 15.5 Å². The molecule has 0 aliphatic rings. The van der Waals surface area contributed by atoms with E-state index >= 15 is 0 Å². The Morgan fingerprint density at radius 3 is 2.54 bits per heavy atom. The molecule has 0 fully saturated rings. The van der Waals surface area contributed by atoms with Crippen LogP contribution in [0.1, 0.15) is 32.3 Å². The molecule has 0 bridgehead atoms. The molecule has 2 aromatic rings. The highest BCUT2D eigenvalue weighted by atomic mass is 16.2. The fourth-order valence-corrected chi connectivity index (χ4v) is 2.62. The number of rotatable bonds is 7. The Hall–Kier alpha value is -3.09. The molecular weight excluding hydrogens is 332 g/mol. The van der Waals surface area contributed by atoms with Crippen LogP contribution in [-0.4, -0.2) is 22.0 Å². The molecule has 0 unspecified atom stereocenters. The van der Waals surface area contributed by atoms with Gasteiger partial charge in [0, 0.05) is 19.2 Å².